The van der Waals surface area contributed by atoms with Gasteiger partial charge in [0, 0.05) is 36.4 Å². The number of carbonyl (C=O) groups is 1. The first-order valence-corrected chi connectivity index (χ1v) is 10.3. The number of anilines is 1. The van der Waals surface area contributed by atoms with Crippen LogP contribution in [0.2, 0.25) is 0 Å². The zero-order chi connectivity index (χ0) is 19.6. The Hall–Kier alpha value is -3.17. The second-order valence-corrected chi connectivity index (χ2v) is 7.79. The standard InChI is InChI=1S/C26H24N2O/c29-26-22-11-5-4-10-21(22)25(23-12-6-7-13-24(23)27-26)20-14-16-28(17-15-20)18-19-8-2-1-3-9-19/h1-13H,14-18H2,(H,27,29). The smallest absolute Gasteiger partial charge is 0.256 e. The lowest BCUT2D eigenvalue weighted by molar-refractivity contribution is 0.102. The van der Waals surface area contributed by atoms with Crippen LogP contribution < -0.4 is 5.32 Å². The molecule has 1 amide bonds. The molecule has 2 aliphatic rings. The maximum Gasteiger partial charge on any atom is 0.256 e. The molecule has 2 heterocycles. The van der Waals surface area contributed by atoms with Crippen LogP contribution in [0.1, 0.15) is 39.9 Å². The number of hydrogen-bond acceptors (Lipinski definition) is 2. The molecule has 3 aromatic carbocycles. The fourth-order valence-electron chi connectivity index (χ4n) is 4.50. The maximum absolute atomic E-state index is 12.8. The van der Waals surface area contributed by atoms with Gasteiger partial charge in [-0.3, -0.25) is 9.69 Å². The topological polar surface area (TPSA) is 32.3 Å². The molecule has 29 heavy (non-hydrogen) atoms. The fourth-order valence-corrected chi connectivity index (χ4v) is 4.50. The fraction of sp³-hybridized carbons (Fsp3) is 0.192. The second-order valence-electron chi connectivity index (χ2n) is 7.79. The molecular formula is C26H24N2O. The Morgan fingerprint density at radius 3 is 2.10 bits per heavy atom. The molecule has 1 saturated heterocycles. The van der Waals surface area contributed by atoms with Crippen molar-refractivity contribution in [3.05, 3.63) is 107 Å². The minimum absolute atomic E-state index is 0.0230. The van der Waals surface area contributed by atoms with Crippen molar-refractivity contribution < 1.29 is 4.79 Å². The Bertz CT molecular complexity index is 1070. The quantitative estimate of drug-likeness (QED) is 0.650. The minimum atomic E-state index is -0.0230. The van der Waals surface area contributed by atoms with Gasteiger partial charge in [0.1, 0.15) is 0 Å². The predicted octanol–water partition coefficient (Wildman–Crippen LogP) is 5.35. The van der Waals surface area contributed by atoms with Gasteiger partial charge in [-0.15, -0.1) is 0 Å². The largest absolute Gasteiger partial charge is 0.321 e. The number of hydrogen-bond donors (Lipinski definition) is 1. The van der Waals surface area contributed by atoms with Gasteiger partial charge in [-0.25, -0.2) is 0 Å². The average molecular weight is 380 g/mol. The number of likely N-dealkylation sites (tertiary alicyclic amines) is 1. The first-order valence-electron chi connectivity index (χ1n) is 10.3. The summed E-state index contributed by atoms with van der Waals surface area (Å²) in [5.74, 6) is -0.0230. The monoisotopic (exact) mass is 380 g/mol. The molecule has 0 bridgehead atoms. The van der Waals surface area contributed by atoms with E-state index in [0.29, 0.717) is 0 Å². The van der Waals surface area contributed by atoms with Crippen molar-refractivity contribution in [2.24, 2.45) is 0 Å². The number of benzene rings is 3. The van der Waals surface area contributed by atoms with Crippen molar-refractivity contribution in [2.75, 3.05) is 18.4 Å². The van der Waals surface area contributed by atoms with Gasteiger partial charge < -0.3 is 5.32 Å². The zero-order valence-electron chi connectivity index (χ0n) is 16.4. The van der Waals surface area contributed by atoms with Crippen LogP contribution in [-0.4, -0.2) is 23.9 Å². The van der Waals surface area contributed by atoms with Crippen LogP contribution in [0.3, 0.4) is 0 Å². The highest BCUT2D eigenvalue weighted by atomic mass is 16.1. The number of piperidine rings is 1. The highest BCUT2D eigenvalue weighted by molar-refractivity contribution is 6.13. The Labute approximate surface area is 171 Å². The molecule has 0 unspecified atom stereocenters. The average Bonchev–Trinajstić information content (AvgIpc) is 2.89. The van der Waals surface area contributed by atoms with Gasteiger partial charge in [0.25, 0.3) is 5.91 Å². The van der Waals surface area contributed by atoms with Crippen molar-refractivity contribution >= 4 is 17.2 Å². The Morgan fingerprint density at radius 1 is 0.724 bits per heavy atom. The second kappa shape index (κ2) is 7.69. The molecule has 5 rings (SSSR count). The van der Waals surface area contributed by atoms with Crippen LogP contribution in [0, 0.1) is 0 Å². The highest BCUT2D eigenvalue weighted by Crippen LogP contribution is 2.39. The molecule has 0 atom stereocenters. The molecule has 0 radical (unpaired) electrons. The number of fused-ring (bicyclic) bond motifs is 2. The molecule has 3 nitrogen and oxygen atoms in total. The van der Waals surface area contributed by atoms with Crippen LogP contribution >= 0.6 is 0 Å². The van der Waals surface area contributed by atoms with Gasteiger partial charge in [0.2, 0.25) is 0 Å². The normalized spacial score (nSPS) is 16.6. The molecule has 144 valence electrons. The highest BCUT2D eigenvalue weighted by Gasteiger charge is 2.26. The molecule has 0 aliphatic carbocycles. The SMILES string of the molecule is O=C1Nc2ccccc2C(=C2CCN(Cc3ccccc3)CC2)c2ccccc21. The van der Waals surface area contributed by atoms with Crippen LogP contribution in [-0.2, 0) is 6.54 Å². The summed E-state index contributed by atoms with van der Waals surface area (Å²) in [6.45, 7) is 3.08. The van der Waals surface area contributed by atoms with E-state index in [1.54, 1.807) is 0 Å². The summed E-state index contributed by atoms with van der Waals surface area (Å²) in [6, 6.07) is 26.9. The third kappa shape index (κ3) is 3.50. The lowest BCUT2D eigenvalue weighted by Gasteiger charge is -2.30. The third-order valence-corrected chi connectivity index (χ3v) is 5.95. The Morgan fingerprint density at radius 2 is 1.34 bits per heavy atom. The van der Waals surface area contributed by atoms with Crippen molar-refractivity contribution in [2.45, 2.75) is 19.4 Å². The predicted molar refractivity (Wildman–Crippen MR) is 118 cm³/mol. The van der Waals surface area contributed by atoms with Crippen LogP contribution in [0.15, 0.2) is 84.4 Å². The number of nitrogens with one attached hydrogen (secondary N) is 1. The lowest BCUT2D eigenvalue weighted by atomic mass is 9.86. The van der Waals surface area contributed by atoms with Gasteiger partial charge in [0.15, 0.2) is 0 Å². The minimum Gasteiger partial charge on any atom is -0.321 e. The molecule has 3 heteroatoms. The first-order chi connectivity index (χ1) is 14.3. The van der Waals surface area contributed by atoms with Gasteiger partial charge in [-0.05, 0) is 41.7 Å². The van der Waals surface area contributed by atoms with E-state index in [4.69, 9.17) is 0 Å². The zero-order valence-corrected chi connectivity index (χ0v) is 16.4. The van der Waals surface area contributed by atoms with E-state index in [-0.39, 0.29) is 5.91 Å². The van der Waals surface area contributed by atoms with E-state index in [0.717, 1.165) is 54.9 Å². The van der Waals surface area contributed by atoms with Crippen LogP contribution in [0.25, 0.3) is 5.57 Å². The molecule has 0 spiro atoms. The lowest BCUT2D eigenvalue weighted by Crippen LogP contribution is -2.30. The van der Waals surface area contributed by atoms with E-state index in [1.165, 1.54) is 16.7 Å². The summed E-state index contributed by atoms with van der Waals surface area (Å²) in [5.41, 5.74) is 7.92. The summed E-state index contributed by atoms with van der Waals surface area (Å²) >= 11 is 0. The molecule has 2 aliphatic heterocycles. The molecule has 1 fully saturated rings. The number of carbonyl (C=O) groups excluding carboxylic acids is 1. The molecule has 3 aromatic rings. The van der Waals surface area contributed by atoms with Gasteiger partial charge in [-0.1, -0.05) is 72.3 Å². The Balaban J connectivity index is 1.51. The Kier molecular flexibility index (Phi) is 4.74. The summed E-state index contributed by atoms with van der Waals surface area (Å²) in [7, 11) is 0. The van der Waals surface area contributed by atoms with Crippen LogP contribution in [0.4, 0.5) is 5.69 Å². The summed E-state index contributed by atoms with van der Waals surface area (Å²) in [5, 5.41) is 3.11. The van der Waals surface area contributed by atoms with E-state index in [1.807, 2.05) is 30.3 Å². The van der Waals surface area contributed by atoms with Crippen molar-refractivity contribution in [3.63, 3.8) is 0 Å². The molecule has 1 N–H and O–H groups in total. The van der Waals surface area contributed by atoms with E-state index in [2.05, 4.69) is 58.7 Å². The summed E-state index contributed by atoms with van der Waals surface area (Å²) in [4.78, 5) is 15.3. The summed E-state index contributed by atoms with van der Waals surface area (Å²) < 4.78 is 0. The molecule has 0 aromatic heterocycles. The van der Waals surface area contributed by atoms with E-state index >= 15 is 0 Å². The molecule has 0 saturated carbocycles. The van der Waals surface area contributed by atoms with Gasteiger partial charge >= 0.3 is 0 Å². The van der Waals surface area contributed by atoms with Gasteiger partial charge in [0.05, 0.1) is 0 Å². The maximum atomic E-state index is 12.8. The van der Waals surface area contributed by atoms with Crippen molar-refractivity contribution in [1.82, 2.24) is 4.90 Å². The van der Waals surface area contributed by atoms with Crippen LogP contribution in [0.5, 0.6) is 0 Å². The van der Waals surface area contributed by atoms with Gasteiger partial charge in [-0.2, -0.15) is 0 Å². The number of para-hydroxylation sites is 1. The van der Waals surface area contributed by atoms with E-state index in [9.17, 15) is 4.79 Å². The summed E-state index contributed by atoms with van der Waals surface area (Å²) in [6.07, 6.45) is 2.05. The number of amides is 1. The van der Waals surface area contributed by atoms with Crippen molar-refractivity contribution in [1.29, 1.82) is 0 Å². The first kappa shape index (κ1) is 17.9. The van der Waals surface area contributed by atoms with E-state index < -0.39 is 0 Å². The number of rotatable bonds is 2. The third-order valence-electron chi connectivity index (χ3n) is 5.95. The van der Waals surface area contributed by atoms with Crippen molar-refractivity contribution in [3.8, 4) is 0 Å². The molecular weight excluding hydrogens is 356 g/mol. The number of nitrogens with zero attached hydrogens (tertiary/aromatic N) is 1.